The number of nitrogens with zero attached hydrogens (tertiary/aromatic N) is 2. The van der Waals surface area contributed by atoms with E-state index < -0.39 is 28.7 Å². The highest BCUT2D eigenvalue weighted by atomic mass is 35.5. The predicted octanol–water partition coefficient (Wildman–Crippen LogP) is 2.68. The zero-order valence-electron chi connectivity index (χ0n) is 6.06. The topological polar surface area (TPSA) is 36.7 Å². The summed E-state index contributed by atoms with van der Waals surface area (Å²) in [5.41, 5.74) is -1.30. The van der Waals surface area contributed by atoms with E-state index in [4.69, 9.17) is 16.9 Å². The van der Waals surface area contributed by atoms with Crippen LogP contribution in [0.4, 0.5) is 13.2 Å². The summed E-state index contributed by atoms with van der Waals surface area (Å²) in [6.07, 6.45) is -2.89. The van der Waals surface area contributed by atoms with Gasteiger partial charge in [0.2, 0.25) is 5.95 Å². The number of pyridine rings is 1. The summed E-state index contributed by atoms with van der Waals surface area (Å²) in [5.74, 6) is -1.12. The van der Waals surface area contributed by atoms with Crippen LogP contribution < -0.4 is 0 Å². The Bertz CT molecular complexity index is 373. The van der Waals surface area contributed by atoms with Crippen LogP contribution in [-0.2, 0) is 0 Å². The molecule has 1 rings (SSSR count). The first-order valence-corrected chi connectivity index (χ1v) is 3.48. The maximum Gasteiger partial charge on any atom is 0.266 e. The number of rotatable bonds is 1. The molecule has 1 aromatic heterocycles. The highest BCUT2D eigenvalue weighted by molar-refractivity contribution is 6.30. The van der Waals surface area contributed by atoms with Crippen molar-refractivity contribution in [2.45, 2.75) is 6.43 Å². The lowest BCUT2D eigenvalue weighted by atomic mass is 10.2. The third kappa shape index (κ3) is 1.90. The van der Waals surface area contributed by atoms with Crippen molar-refractivity contribution < 1.29 is 13.2 Å². The Labute approximate surface area is 76.6 Å². The molecule has 0 N–H and O–H groups in total. The molecule has 1 heterocycles. The normalized spacial score (nSPS) is 10.2. The number of aromatic nitrogens is 1. The van der Waals surface area contributed by atoms with Crippen molar-refractivity contribution in [2.75, 3.05) is 0 Å². The molecule has 0 aliphatic heterocycles. The summed E-state index contributed by atoms with van der Waals surface area (Å²) in [5, 5.41) is 7.81. The molecule has 1 aromatic rings. The first kappa shape index (κ1) is 9.81. The van der Waals surface area contributed by atoms with Crippen molar-refractivity contribution in [1.29, 1.82) is 5.26 Å². The molecule has 13 heavy (non-hydrogen) atoms. The Morgan fingerprint density at radius 3 is 2.62 bits per heavy atom. The summed E-state index contributed by atoms with van der Waals surface area (Å²) >= 11 is 5.21. The van der Waals surface area contributed by atoms with Gasteiger partial charge in [0.05, 0.1) is 10.6 Å². The molecule has 0 fully saturated rings. The van der Waals surface area contributed by atoms with Crippen LogP contribution in [0.15, 0.2) is 6.07 Å². The molecule has 0 saturated heterocycles. The fraction of sp³-hybridized carbons (Fsp3) is 0.143. The quantitative estimate of drug-likeness (QED) is 0.663. The van der Waals surface area contributed by atoms with Crippen LogP contribution in [0.3, 0.4) is 0 Å². The molecule has 0 bridgehead atoms. The first-order chi connectivity index (χ1) is 6.06. The van der Waals surface area contributed by atoms with Crippen molar-refractivity contribution in [3.05, 3.63) is 28.3 Å². The van der Waals surface area contributed by atoms with Crippen LogP contribution in [0, 0.1) is 17.3 Å². The molecule has 68 valence electrons. The van der Waals surface area contributed by atoms with Gasteiger partial charge in [-0.15, -0.1) is 0 Å². The average molecular weight is 207 g/mol. The molecule has 6 heteroatoms. The number of halogens is 4. The van der Waals surface area contributed by atoms with Gasteiger partial charge in [0.15, 0.2) is 5.69 Å². The highest BCUT2D eigenvalue weighted by Gasteiger charge is 2.17. The molecule has 0 radical (unpaired) electrons. The highest BCUT2D eigenvalue weighted by Crippen LogP contribution is 2.25. The van der Waals surface area contributed by atoms with E-state index in [1.165, 1.54) is 6.07 Å². The van der Waals surface area contributed by atoms with Crippen LogP contribution in [0.5, 0.6) is 0 Å². The molecule has 0 saturated carbocycles. The maximum absolute atomic E-state index is 12.6. The molecular formula is C7H2ClF3N2. The molecular weight excluding hydrogens is 205 g/mol. The van der Waals surface area contributed by atoms with Crippen LogP contribution in [0.25, 0.3) is 0 Å². The second-order valence-electron chi connectivity index (χ2n) is 2.11. The summed E-state index contributed by atoms with van der Waals surface area (Å²) in [4.78, 5) is 2.97. The maximum atomic E-state index is 12.6. The van der Waals surface area contributed by atoms with E-state index in [9.17, 15) is 13.2 Å². The average Bonchev–Trinajstić information content (AvgIpc) is 2.08. The van der Waals surface area contributed by atoms with E-state index in [-0.39, 0.29) is 0 Å². The Hall–Kier alpha value is -1.28. The molecule has 0 aliphatic carbocycles. The zero-order valence-corrected chi connectivity index (χ0v) is 6.82. The molecule has 0 aromatic carbocycles. The van der Waals surface area contributed by atoms with E-state index in [1.54, 1.807) is 0 Å². The monoisotopic (exact) mass is 206 g/mol. The van der Waals surface area contributed by atoms with Crippen LogP contribution in [0.1, 0.15) is 17.7 Å². The third-order valence-corrected chi connectivity index (χ3v) is 1.57. The van der Waals surface area contributed by atoms with Crippen LogP contribution in [-0.4, -0.2) is 4.98 Å². The Balaban J connectivity index is 3.35. The largest absolute Gasteiger partial charge is 0.266 e. The van der Waals surface area contributed by atoms with Gasteiger partial charge in [-0.2, -0.15) is 9.65 Å². The summed E-state index contributed by atoms with van der Waals surface area (Å²) < 4.78 is 36.9. The second-order valence-corrected chi connectivity index (χ2v) is 2.52. The van der Waals surface area contributed by atoms with Crippen molar-refractivity contribution in [3.8, 4) is 6.07 Å². The Morgan fingerprint density at radius 2 is 2.15 bits per heavy atom. The number of hydrogen-bond acceptors (Lipinski definition) is 2. The SMILES string of the molecule is N#Cc1nc(F)c(Cl)cc1C(F)F. The van der Waals surface area contributed by atoms with Crippen molar-refractivity contribution >= 4 is 11.6 Å². The lowest BCUT2D eigenvalue weighted by molar-refractivity contribution is 0.150. The minimum Gasteiger partial charge on any atom is -0.207 e. The number of alkyl halides is 2. The third-order valence-electron chi connectivity index (χ3n) is 1.30. The van der Waals surface area contributed by atoms with E-state index in [1.807, 2.05) is 0 Å². The Kier molecular flexibility index (Phi) is 2.73. The second kappa shape index (κ2) is 3.62. The molecule has 0 aliphatic rings. The molecule has 0 atom stereocenters. The van der Waals surface area contributed by atoms with Gasteiger partial charge in [0.25, 0.3) is 6.43 Å². The minimum absolute atomic E-state index is 0.519. The molecule has 2 nitrogen and oxygen atoms in total. The van der Waals surface area contributed by atoms with Gasteiger partial charge >= 0.3 is 0 Å². The van der Waals surface area contributed by atoms with E-state index >= 15 is 0 Å². The van der Waals surface area contributed by atoms with Gasteiger partial charge in [-0.05, 0) is 6.07 Å². The van der Waals surface area contributed by atoms with E-state index in [2.05, 4.69) is 4.98 Å². The first-order valence-electron chi connectivity index (χ1n) is 3.10. The van der Waals surface area contributed by atoms with Gasteiger partial charge in [-0.3, -0.25) is 0 Å². The van der Waals surface area contributed by atoms with Crippen LogP contribution in [0.2, 0.25) is 5.02 Å². The smallest absolute Gasteiger partial charge is 0.207 e. The molecule has 0 unspecified atom stereocenters. The molecule has 0 spiro atoms. The number of hydrogen-bond donors (Lipinski definition) is 0. The lowest BCUT2D eigenvalue weighted by Gasteiger charge is -2.02. The van der Waals surface area contributed by atoms with Crippen molar-refractivity contribution in [3.63, 3.8) is 0 Å². The van der Waals surface area contributed by atoms with Crippen molar-refractivity contribution in [2.24, 2.45) is 0 Å². The number of nitriles is 1. The zero-order chi connectivity index (χ0) is 10.0. The minimum atomic E-state index is -2.89. The Morgan fingerprint density at radius 1 is 1.54 bits per heavy atom. The fourth-order valence-corrected chi connectivity index (χ4v) is 0.896. The van der Waals surface area contributed by atoms with E-state index in [0.717, 1.165) is 0 Å². The molecule has 0 amide bonds. The lowest BCUT2D eigenvalue weighted by Crippen LogP contribution is -1.97. The van der Waals surface area contributed by atoms with Gasteiger partial charge < -0.3 is 0 Å². The van der Waals surface area contributed by atoms with E-state index in [0.29, 0.717) is 6.07 Å². The van der Waals surface area contributed by atoms with Gasteiger partial charge in [0.1, 0.15) is 6.07 Å². The fourth-order valence-electron chi connectivity index (χ4n) is 0.736. The van der Waals surface area contributed by atoms with Gasteiger partial charge in [-0.1, -0.05) is 11.6 Å². The summed E-state index contributed by atoms with van der Waals surface area (Å²) in [6.45, 7) is 0. The predicted molar refractivity (Wildman–Crippen MR) is 38.9 cm³/mol. The van der Waals surface area contributed by atoms with Crippen LogP contribution >= 0.6 is 11.6 Å². The van der Waals surface area contributed by atoms with Gasteiger partial charge in [-0.25, -0.2) is 13.8 Å². The standard InChI is InChI=1S/C7H2ClF3N2/c8-4-1-3(6(9)10)5(2-12)13-7(4)11/h1,6H. The van der Waals surface area contributed by atoms with Gasteiger partial charge in [0, 0.05) is 0 Å². The summed E-state index contributed by atoms with van der Waals surface area (Å²) in [7, 11) is 0. The van der Waals surface area contributed by atoms with Crippen molar-refractivity contribution in [1.82, 2.24) is 4.98 Å². The summed E-state index contributed by atoms with van der Waals surface area (Å²) in [6, 6.07) is 2.06.